The normalized spacial score (nSPS) is 19.6. The van der Waals surface area contributed by atoms with Gasteiger partial charge >= 0.3 is 0 Å². The van der Waals surface area contributed by atoms with E-state index in [0.29, 0.717) is 23.5 Å². The molecule has 6 heteroatoms. The van der Waals surface area contributed by atoms with Gasteiger partial charge in [0.1, 0.15) is 0 Å². The van der Waals surface area contributed by atoms with E-state index in [9.17, 15) is 9.59 Å². The Labute approximate surface area is 178 Å². The van der Waals surface area contributed by atoms with Crippen LogP contribution in [0.1, 0.15) is 72.0 Å². The molecule has 2 aliphatic heterocycles. The highest BCUT2D eigenvalue weighted by Crippen LogP contribution is 2.30. The summed E-state index contributed by atoms with van der Waals surface area (Å²) in [4.78, 5) is 39.0. The third kappa shape index (κ3) is 4.53. The molecule has 0 N–H and O–H groups in total. The maximum Gasteiger partial charge on any atom is 0.257 e. The first kappa shape index (κ1) is 20.5. The van der Waals surface area contributed by atoms with Gasteiger partial charge in [-0.3, -0.25) is 9.59 Å². The predicted octanol–water partition coefficient (Wildman–Crippen LogP) is 3.71. The summed E-state index contributed by atoms with van der Waals surface area (Å²) in [7, 11) is 0. The molecule has 0 saturated carbocycles. The molecule has 1 aromatic carbocycles. The zero-order chi connectivity index (χ0) is 20.9. The average molecular weight is 407 g/mol. The van der Waals surface area contributed by atoms with E-state index >= 15 is 0 Å². The Hall–Kier alpha value is -2.76. The number of likely N-dealkylation sites (tertiary alicyclic amines) is 2. The molecule has 0 spiro atoms. The van der Waals surface area contributed by atoms with Gasteiger partial charge in [-0.15, -0.1) is 0 Å². The van der Waals surface area contributed by atoms with E-state index in [4.69, 9.17) is 4.98 Å². The number of rotatable bonds is 4. The van der Waals surface area contributed by atoms with Crippen molar-refractivity contribution in [1.29, 1.82) is 0 Å². The second-order valence-corrected chi connectivity index (χ2v) is 8.34. The standard InChI is InChI=1S/C24H30N4O2/c1-18-20(24(30)27-13-7-3-8-14-27)17-25-23(26-18)21-12-6-9-15-28(21)22(29)16-19-10-4-2-5-11-19/h2,4-5,10-11,17,21H,3,6-9,12-16H2,1H3. The Balaban J connectivity index is 1.51. The minimum absolute atomic E-state index is 0.0272. The van der Waals surface area contributed by atoms with Crippen molar-refractivity contribution in [2.75, 3.05) is 19.6 Å². The number of nitrogens with zero attached hydrogens (tertiary/aromatic N) is 4. The Morgan fingerprint density at radius 2 is 1.73 bits per heavy atom. The summed E-state index contributed by atoms with van der Waals surface area (Å²) in [6.07, 6.45) is 8.28. The van der Waals surface area contributed by atoms with E-state index in [1.807, 2.05) is 47.1 Å². The molecular formula is C24H30N4O2. The average Bonchev–Trinajstić information content (AvgIpc) is 2.80. The van der Waals surface area contributed by atoms with Crippen LogP contribution < -0.4 is 0 Å². The number of hydrogen-bond donors (Lipinski definition) is 0. The fourth-order valence-electron chi connectivity index (χ4n) is 4.49. The van der Waals surface area contributed by atoms with E-state index in [0.717, 1.165) is 57.3 Å². The van der Waals surface area contributed by atoms with E-state index in [1.54, 1.807) is 6.20 Å². The van der Waals surface area contributed by atoms with E-state index < -0.39 is 0 Å². The Morgan fingerprint density at radius 1 is 1.00 bits per heavy atom. The highest BCUT2D eigenvalue weighted by molar-refractivity contribution is 5.95. The summed E-state index contributed by atoms with van der Waals surface area (Å²) in [5.74, 6) is 0.795. The number of aromatic nitrogens is 2. The van der Waals surface area contributed by atoms with Gasteiger partial charge in [0.2, 0.25) is 5.91 Å². The highest BCUT2D eigenvalue weighted by Gasteiger charge is 2.31. The second kappa shape index (κ2) is 9.37. The zero-order valence-electron chi connectivity index (χ0n) is 17.7. The van der Waals surface area contributed by atoms with Gasteiger partial charge in [0.25, 0.3) is 5.91 Å². The van der Waals surface area contributed by atoms with Crippen LogP contribution in [0.3, 0.4) is 0 Å². The predicted molar refractivity (Wildman–Crippen MR) is 115 cm³/mol. The van der Waals surface area contributed by atoms with Gasteiger partial charge in [-0.1, -0.05) is 30.3 Å². The molecule has 1 atom stereocenters. The lowest BCUT2D eigenvalue weighted by atomic mass is 9.99. The first-order valence-corrected chi connectivity index (χ1v) is 11.1. The van der Waals surface area contributed by atoms with Gasteiger partial charge in [-0.05, 0) is 51.0 Å². The van der Waals surface area contributed by atoms with Crippen LogP contribution in [-0.2, 0) is 11.2 Å². The number of carbonyl (C=O) groups excluding carboxylic acids is 2. The largest absolute Gasteiger partial charge is 0.339 e. The molecule has 1 aromatic heterocycles. The summed E-state index contributed by atoms with van der Waals surface area (Å²) in [6, 6.07) is 9.73. The quantitative estimate of drug-likeness (QED) is 0.776. The molecule has 0 aliphatic carbocycles. The fraction of sp³-hybridized carbons (Fsp3) is 0.500. The maximum absolute atomic E-state index is 13.0. The third-order valence-electron chi connectivity index (χ3n) is 6.19. The van der Waals surface area contributed by atoms with Crippen LogP contribution >= 0.6 is 0 Å². The van der Waals surface area contributed by atoms with Gasteiger partial charge in [0, 0.05) is 25.8 Å². The van der Waals surface area contributed by atoms with Crippen LogP contribution in [-0.4, -0.2) is 51.2 Å². The van der Waals surface area contributed by atoms with Gasteiger partial charge in [0.05, 0.1) is 23.7 Å². The molecule has 2 aromatic rings. The number of carbonyl (C=O) groups is 2. The summed E-state index contributed by atoms with van der Waals surface area (Å²) in [5.41, 5.74) is 2.31. The molecule has 6 nitrogen and oxygen atoms in total. The van der Waals surface area contributed by atoms with Crippen LogP contribution in [0.5, 0.6) is 0 Å². The number of aryl methyl sites for hydroxylation is 1. The molecule has 1 unspecified atom stereocenters. The van der Waals surface area contributed by atoms with Crippen molar-refractivity contribution in [3.8, 4) is 0 Å². The van der Waals surface area contributed by atoms with Gasteiger partial charge in [-0.2, -0.15) is 0 Å². The third-order valence-corrected chi connectivity index (χ3v) is 6.19. The van der Waals surface area contributed by atoms with E-state index in [-0.39, 0.29) is 17.9 Å². The SMILES string of the molecule is Cc1nc(C2CCCCN2C(=O)Cc2ccccc2)ncc1C(=O)N1CCCCC1. The highest BCUT2D eigenvalue weighted by atomic mass is 16.2. The zero-order valence-corrected chi connectivity index (χ0v) is 17.7. The molecule has 0 bridgehead atoms. The van der Waals surface area contributed by atoms with Crippen molar-refractivity contribution in [1.82, 2.24) is 19.8 Å². The van der Waals surface area contributed by atoms with Crippen molar-refractivity contribution in [3.63, 3.8) is 0 Å². The topological polar surface area (TPSA) is 66.4 Å². The van der Waals surface area contributed by atoms with Crippen molar-refractivity contribution in [2.45, 2.75) is 57.9 Å². The lowest BCUT2D eigenvalue weighted by Crippen LogP contribution is -2.40. The fourth-order valence-corrected chi connectivity index (χ4v) is 4.49. The van der Waals surface area contributed by atoms with Crippen LogP contribution in [0.15, 0.2) is 36.5 Å². The molecule has 2 aliphatic rings. The van der Waals surface area contributed by atoms with Crippen LogP contribution in [0, 0.1) is 6.92 Å². The Kier molecular flexibility index (Phi) is 6.41. The van der Waals surface area contributed by atoms with Crippen LogP contribution in [0.4, 0.5) is 0 Å². The van der Waals surface area contributed by atoms with Gasteiger partial charge in [-0.25, -0.2) is 9.97 Å². The molecule has 2 saturated heterocycles. The van der Waals surface area contributed by atoms with E-state index in [1.165, 1.54) is 6.42 Å². The minimum Gasteiger partial charge on any atom is -0.339 e. The maximum atomic E-state index is 13.0. The number of amides is 2. The molecule has 158 valence electrons. The lowest BCUT2D eigenvalue weighted by molar-refractivity contribution is -0.134. The molecule has 2 fully saturated rings. The van der Waals surface area contributed by atoms with E-state index in [2.05, 4.69) is 4.98 Å². The van der Waals surface area contributed by atoms with Crippen molar-refractivity contribution in [2.24, 2.45) is 0 Å². The second-order valence-electron chi connectivity index (χ2n) is 8.34. The van der Waals surface area contributed by atoms with Gasteiger partial charge < -0.3 is 9.80 Å². The number of piperidine rings is 2. The summed E-state index contributed by atoms with van der Waals surface area (Å²) in [6.45, 7) is 4.23. The molecule has 30 heavy (non-hydrogen) atoms. The first-order valence-electron chi connectivity index (χ1n) is 11.1. The molecule has 3 heterocycles. The summed E-state index contributed by atoms with van der Waals surface area (Å²) >= 11 is 0. The van der Waals surface area contributed by atoms with Gasteiger partial charge in [0.15, 0.2) is 5.82 Å². The summed E-state index contributed by atoms with van der Waals surface area (Å²) < 4.78 is 0. The molecule has 0 radical (unpaired) electrons. The van der Waals surface area contributed by atoms with Crippen molar-refractivity contribution < 1.29 is 9.59 Å². The monoisotopic (exact) mass is 406 g/mol. The molecule has 2 amide bonds. The number of hydrogen-bond acceptors (Lipinski definition) is 4. The van der Waals surface area contributed by atoms with Crippen LogP contribution in [0.25, 0.3) is 0 Å². The minimum atomic E-state index is -0.118. The first-order chi connectivity index (χ1) is 14.6. The van der Waals surface area contributed by atoms with Crippen molar-refractivity contribution >= 4 is 11.8 Å². The molecule has 4 rings (SSSR count). The smallest absolute Gasteiger partial charge is 0.257 e. The molecular weight excluding hydrogens is 376 g/mol. The Morgan fingerprint density at radius 3 is 2.47 bits per heavy atom. The summed E-state index contributed by atoms with van der Waals surface area (Å²) in [5, 5.41) is 0. The Bertz CT molecular complexity index is 893. The lowest BCUT2D eigenvalue weighted by Gasteiger charge is -2.35. The van der Waals surface area contributed by atoms with Crippen LogP contribution in [0.2, 0.25) is 0 Å². The number of benzene rings is 1. The van der Waals surface area contributed by atoms with Crippen molar-refractivity contribution in [3.05, 3.63) is 59.2 Å².